The Morgan fingerprint density at radius 1 is 0.833 bits per heavy atom. The minimum absolute atomic E-state index is 0.0399. The van der Waals surface area contributed by atoms with Crippen molar-refractivity contribution in [1.29, 1.82) is 0 Å². The van der Waals surface area contributed by atoms with Crippen molar-refractivity contribution >= 4 is 20.9 Å². The Kier molecular flexibility index (Phi) is 7.91. The largest absolute Gasteiger partial charge is 0.343 e. The van der Waals surface area contributed by atoms with E-state index in [4.69, 9.17) is 13.7 Å². The van der Waals surface area contributed by atoms with Gasteiger partial charge in [-0.05, 0) is 45.2 Å². The molecular formula is C30H38O5S. The van der Waals surface area contributed by atoms with Crippen molar-refractivity contribution in [2.75, 3.05) is 19.8 Å². The van der Waals surface area contributed by atoms with Gasteiger partial charge >= 0.3 is 0 Å². The van der Waals surface area contributed by atoms with Crippen LogP contribution in [0.5, 0.6) is 0 Å². The van der Waals surface area contributed by atoms with Gasteiger partial charge in [-0.3, -0.25) is 4.18 Å². The Morgan fingerprint density at radius 2 is 1.42 bits per heavy atom. The van der Waals surface area contributed by atoms with E-state index in [1.165, 1.54) is 0 Å². The van der Waals surface area contributed by atoms with Crippen molar-refractivity contribution in [3.63, 3.8) is 0 Å². The van der Waals surface area contributed by atoms with Crippen molar-refractivity contribution in [3.8, 4) is 0 Å². The van der Waals surface area contributed by atoms with Crippen LogP contribution in [0.1, 0.15) is 88.0 Å². The van der Waals surface area contributed by atoms with Crippen molar-refractivity contribution in [2.24, 2.45) is 0 Å². The molecule has 0 saturated carbocycles. The smallest absolute Gasteiger partial charge is 0.297 e. The number of rotatable bonds is 9. The molecule has 0 N–H and O–H groups in total. The van der Waals surface area contributed by atoms with Crippen LogP contribution in [-0.4, -0.2) is 28.2 Å². The van der Waals surface area contributed by atoms with Gasteiger partial charge < -0.3 is 9.47 Å². The average molecular weight is 511 g/mol. The lowest BCUT2D eigenvalue weighted by Crippen LogP contribution is -2.30. The molecule has 0 radical (unpaired) electrons. The maximum Gasteiger partial charge on any atom is 0.297 e. The summed E-state index contributed by atoms with van der Waals surface area (Å²) in [6, 6.07) is 18.1. The van der Waals surface area contributed by atoms with Gasteiger partial charge in [0, 0.05) is 12.0 Å². The van der Waals surface area contributed by atoms with Crippen molar-refractivity contribution < 1.29 is 22.1 Å². The lowest BCUT2D eigenvalue weighted by atomic mass is 9.89. The molecule has 1 aliphatic heterocycles. The molecule has 3 aromatic carbocycles. The summed E-state index contributed by atoms with van der Waals surface area (Å²) in [6.07, 6.45) is 0.262. The van der Waals surface area contributed by atoms with Gasteiger partial charge in [-0.1, -0.05) is 96.1 Å². The molecule has 0 aliphatic carbocycles. The first-order valence-corrected chi connectivity index (χ1v) is 14.3. The van der Waals surface area contributed by atoms with E-state index < -0.39 is 15.9 Å². The van der Waals surface area contributed by atoms with E-state index in [1.54, 1.807) is 0 Å². The standard InChI is InChI=1S/C30H38O5S/c1-20(2)24-18-26(21(3)4)29(27(19-24)22(5)6)36(31,32)35-15-14-30(33-16-17-34-30)28-13-9-11-23-10-7-8-12-25(23)28/h7-13,18-22H,14-17H2,1-6H3. The molecule has 0 amide bonds. The Balaban J connectivity index is 1.66. The Labute approximate surface area is 215 Å². The molecular weight excluding hydrogens is 472 g/mol. The quantitative estimate of drug-likeness (QED) is 0.285. The monoisotopic (exact) mass is 510 g/mol. The molecule has 0 aromatic heterocycles. The van der Waals surface area contributed by atoms with Crippen molar-refractivity contribution in [3.05, 3.63) is 76.9 Å². The van der Waals surface area contributed by atoms with Crippen LogP contribution in [0.4, 0.5) is 0 Å². The summed E-state index contributed by atoms with van der Waals surface area (Å²) in [5.41, 5.74) is 3.65. The zero-order valence-corrected chi connectivity index (χ0v) is 23.0. The molecule has 1 heterocycles. The first-order chi connectivity index (χ1) is 17.1. The van der Waals surface area contributed by atoms with E-state index in [-0.39, 0.29) is 24.9 Å². The van der Waals surface area contributed by atoms with Gasteiger partial charge in [0.1, 0.15) is 4.90 Å². The Morgan fingerprint density at radius 3 is 2.00 bits per heavy atom. The number of hydrogen-bond acceptors (Lipinski definition) is 5. The molecule has 0 spiro atoms. The van der Waals surface area contributed by atoms with Crippen LogP contribution in [0.2, 0.25) is 0 Å². The third-order valence-corrected chi connectivity index (χ3v) is 8.40. The van der Waals surface area contributed by atoms with Crippen LogP contribution in [-0.2, 0) is 29.6 Å². The number of fused-ring (bicyclic) bond motifs is 1. The highest BCUT2D eigenvalue weighted by molar-refractivity contribution is 7.86. The first kappa shape index (κ1) is 26.8. The molecule has 36 heavy (non-hydrogen) atoms. The Bertz CT molecular complexity index is 1280. The van der Waals surface area contributed by atoms with Crippen LogP contribution < -0.4 is 0 Å². The van der Waals surface area contributed by atoms with Crippen molar-refractivity contribution in [2.45, 2.75) is 76.4 Å². The zero-order chi connectivity index (χ0) is 26.1. The van der Waals surface area contributed by atoms with E-state index in [2.05, 4.69) is 13.8 Å². The molecule has 3 aromatic rings. The first-order valence-electron chi connectivity index (χ1n) is 12.9. The maximum absolute atomic E-state index is 13.7. The summed E-state index contributed by atoms with van der Waals surface area (Å²) in [5.74, 6) is -0.661. The molecule has 4 rings (SSSR count). The van der Waals surface area contributed by atoms with E-state index in [9.17, 15) is 8.42 Å². The molecule has 6 heteroatoms. The lowest BCUT2D eigenvalue weighted by molar-refractivity contribution is -0.173. The summed E-state index contributed by atoms with van der Waals surface area (Å²) >= 11 is 0. The normalized spacial score (nSPS) is 16.0. The molecule has 194 valence electrons. The molecule has 1 fully saturated rings. The number of ether oxygens (including phenoxy) is 2. The molecule has 0 unspecified atom stereocenters. The van der Waals surface area contributed by atoms with E-state index in [1.807, 2.05) is 82.3 Å². The number of benzene rings is 3. The fraction of sp³-hybridized carbons (Fsp3) is 0.467. The second-order valence-corrected chi connectivity index (χ2v) is 12.0. The van der Waals surface area contributed by atoms with Crippen LogP contribution in [0, 0.1) is 0 Å². The van der Waals surface area contributed by atoms with Gasteiger partial charge in [0.05, 0.1) is 19.8 Å². The second-order valence-electron chi connectivity index (χ2n) is 10.5. The summed E-state index contributed by atoms with van der Waals surface area (Å²) < 4.78 is 45.4. The third kappa shape index (κ3) is 5.23. The summed E-state index contributed by atoms with van der Waals surface area (Å²) in [6.45, 7) is 13.2. The lowest BCUT2D eigenvalue weighted by Gasteiger charge is -2.29. The maximum atomic E-state index is 13.7. The zero-order valence-electron chi connectivity index (χ0n) is 22.2. The minimum Gasteiger partial charge on any atom is -0.343 e. The van der Waals surface area contributed by atoms with Gasteiger partial charge in [0.2, 0.25) is 0 Å². The molecule has 0 bridgehead atoms. The van der Waals surface area contributed by atoms with Crippen LogP contribution in [0.3, 0.4) is 0 Å². The fourth-order valence-corrected chi connectivity index (χ4v) is 6.56. The second kappa shape index (κ2) is 10.6. The third-order valence-electron chi connectivity index (χ3n) is 6.95. The van der Waals surface area contributed by atoms with E-state index in [0.29, 0.717) is 24.0 Å². The SMILES string of the molecule is CC(C)c1cc(C(C)C)c(S(=O)(=O)OCCC2(c3cccc4ccccc34)OCCO2)c(C(C)C)c1. The molecule has 1 saturated heterocycles. The molecule has 5 nitrogen and oxygen atoms in total. The van der Waals surface area contributed by atoms with E-state index in [0.717, 1.165) is 33.0 Å². The highest BCUT2D eigenvalue weighted by Gasteiger charge is 2.40. The summed E-state index contributed by atoms with van der Waals surface area (Å²) in [4.78, 5) is 0.310. The van der Waals surface area contributed by atoms with Crippen LogP contribution >= 0.6 is 0 Å². The molecule has 1 aliphatic rings. The summed E-state index contributed by atoms with van der Waals surface area (Å²) in [5, 5.41) is 2.11. The number of hydrogen-bond donors (Lipinski definition) is 0. The average Bonchev–Trinajstić information content (AvgIpc) is 3.32. The van der Waals surface area contributed by atoms with Crippen LogP contribution in [0.15, 0.2) is 59.5 Å². The minimum atomic E-state index is -4.01. The highest BCUT2D eigenvalue weighted by Crippen LogP contribution is 2.40. The Hall–Kier alpha value is -2.25. The van der Waals surface area contributed by atoms with Crippen molar-refractivity contribution in [1.82, 2.24) is 0 Å². The van der Waals surface area contributed by atoms with Gasteiger partial charge in [-0.25, -0.2) is 0 Å². The fourth-order valence-electron chi connectivity index (χ4n) is 4.97. The van der Waals surface area contributed by atoms with E-state index >= 15 is 0 Å². The predicted octanol–water partition coefficient (Wildman–Crippen LogP) is 7.21. The van der Waals surface area contributed by atoms with Gasteiger partial charge in [0.25, 0.3) is 10.1 Å². The van der Waals surface area contributed by atoms with Gasteiger partial charge in [-0.15, -0.1) is 0 Å². The topological polar surface area (TPSA) is 61.8 Å². The molecule has 0 atom stereocenters. The summed E-state index contributed by atoms with van der Waals surface area (Å²) in [7, 11) is -4.01. The predicted molar refractivity (Wildman–Crippen MR) is 144 cm³/mol. The van der Waals surface area contributed by atoms with Crippen LogP contribution in [0.25, 0.3) is 10.8 Å². The van der Waals surface area contributed by atoms with Gasteiger partial charge in [0.15, 0.2) is 5.79 Å². The highest BCUT2D eigenvalue weighted by atomic mass is 32.2. The van der Waals surface area contributed by atoms with Gasteiger partial charge in [-0.2, -0.15) is 8.42 Å².